The standard InChI is InChI=1S/C21H25F2N3O/c1-15(16-7-5-4-6-8-16)24-20(27)18-13-17(9-10-19(18)25(2)3)26-12-11-21(22,23)14-26/h4-10,13,15H,11-12,14H2,1-3H3,(H,24,27). The van der Waals surface area contributed by atoms with Crippen molar-refractivity contribution in [1.29, 1.82) is 0 Å². The van der Waals surface area contributed by atoms with Crippen molar-refractivity contribution in [3.05, 3.63) is 59.7 Å². The molecule has 0 saturated carbocycles. The number of nitrogens with zero attached hydrogens (tertiary/aromatic N) is 2. The topological polar surface area (TPSA) is 35.6 Å². The van der Waals surface area contributed by atoms with E-state index < -0.39 is 5.92 Å². The van der Waals surface area contributed by atoms with Gasteiger partial charge in [-0.25, -0.2) is 8.78 Å². The molecular weight excluding hydrogens is 348 g/mol. The summed E-state index contributed by atoms with van der Waals surface area (Å²) in [5.41, 5.74) is 2.89. The van der Waals surface area contributed by atoms with E-state index in [-0.39, 0.29) is 31.5 Å². The highest BCUT2D eigenvalue weighted by molar-refractivity contribution is 6.01. The smallest absolute Gasteiger partial charge is 0.266 e. The van der Waals surface area contributed by atoms with Crippen molar-refractivity contribution in [2.75, 3.05) is 37.0 Å². The van der Waals surface area contributed by atoms with Gasteiger partial charge in [0.1, 0.15) is 0 Å². The number of benzene rings is 2. The molecule has 144 valence electrons. The average Bonchev–Trinajstić information content (AvgIpc) is 3.01. The largest absolute Gasteiger partial charge is 0.377 e. The molecule has 3 rings (SSSR count). The highest BCUT2D eigenvalue weighted by atomic mass is 19.3. The maximum Gasteiger partial charge on any atom is 0.266 e. The molecule has 2 aromatic carbocycles. The Morgan fingerprint density at radius 1 is 1.19 bits per heavy atom. The van der Waals surface area contributed by atoms with Crippen LogP contribution in [0.15, 0.2) is 48.5 Å². The molecule has 0 aromatic heterocycles. The number of anilines is 2. The van der Waals surface area contributed by atoms with Gasteiger partial charge in [0.25, 0.3) is 11.8 Å². The van der Waals surface area contributed by atoms with Crippen LogP contribution in [0.5, 0.6) is 0 Å². The van der Waals surface area contributed by atoms with E-state index in [1.54, 1.807) is 17.0 Å². The quantitative estimate of drug-likeness (QED) is 0.858. The second-order valence-electron chi connectivity index (χ2n) is 7.23. The molecule has 2 aromatic rings. The molecule has 1 unspecified atom stereocenters. The SMILES string of the molecule is CC(NC(=O)c1cc(N2CCC(F)(F)C2)ccc1N(C)C)c1ccccc1. The number of carbonyl (C=O) groups excluding carboxylic acids is 1. The van der Waals surface area contributed by atoms with Crippen LogP contribution in [0, 0.1) is 0 Å². The molecule has 1 saturated heterocycles. The zero-order valence-corrected chi connectivity index (χ0v) is 15.9. The minimum absolute atomic E-state index is 0.158. The van der Waals surface area contributed by atoms with Crippen molar-refractivity contribution in [1.82, 2.24) is 5.32 Å². The molecular formula is C21H25F2N3O. The van der Waals surface area contributed by atoms with Crippen LogP contribution in [0.25, 0.3) is 0 Å². The third-order valence-corrected chi connectivity index (χ3v) is 4.89. The van der Waals surface area contributed by atoms with Gasteiger partial charge in [-0.3, -0.25) is 4.79 Å². The molecule has 1 amide bonds. The number of hydrogen-bond donors (Lipinski definition) is 1. The van der Waals surface area contributed by atoms with Gasteiger partial charge in [-0.05, 0) is 30.7 Å². The number of alkyl halides is 2. The van der Waals surface area contributed by atoms with Gasteiger partial charge in [-0.2, -0.15) is 0 Å². The lowest BCUT2D eigenvalue weighted by atomic mass is 10.1. The molecule has 4 nitrogen and oxygen atoms in total. The molecule has 1 N–H and O–H groups in total. The second kappa shape index (κ2) is 7.55. The first-order valence-corrected chi connectivity index (χ1v) is 9.07. The monoisotopic (exact) mass is 373 g/mol. The molecule has 1 heterocycles. The highest BCUT2D eigenvalue weighted by Gasteiger charge is 2.38. The zero-order valence-electron chi connectivity index (χ0n) is 15.9. The first-order chi connectivity index (χ1) is 12.8. The van der Waals surface area contributed by atoms with Gasteiger partial charge < -0.3 is 15.1 Å². The van der Waals surface area contributed by atoms with E-state index in [0.29, 0.717) is 11.3 Å². The summed E-state index contributed by atoms with van der Waals surface area (Å²) >= 11 is 0. The van der Waals surface area contributed by atoms with Crippen LogP contribution in [0.1, 0.15) is 35.3 Å². The molecule has 27 heavy (non-hydrogen) atoms. The Morgan fingerprint density at radius 3 is 2.48 bits per heavy atom. The zero-order chi connectivity index (χ0) is 19.6. The lowest BCUT2D eigenvalue weighted by Crippen LogP contribution is -2.29. The summed E-state index contributed by atoms with van der Waals surface area (Å²) in [5.74, 6) is -2.90. The number of hydrogen-bond acceptors (Lipinski definition) is 3. The van der Waals surface area contributed by atoms with E-state index in [9.17, 15) is 13.6 Å². The van der Waals surface area contributed by atoms with Gasteiger partial charge in [0.2, 0.25) is 0 Å². The molecule has 1 aliphatic rings. The highest BCUT2D eigenvalue weighted by Crippen LogP contribution is 2.33. The van der Waals surface area contributed by atoms with E-state index in [1.165, 1.54) is 0 Å². The van der Waals surface area contributed by atoms with Crippen LogP contribution in [0.2, 0.25) is 0 Å². The molecule has 1 atom stereocenters. The van der Waals surface area contributed by atoms with Gasteiger partial charge in [0.05, 0.1) is 18.2 Å². The van der Waals surface area contributed by atoms with E-state index in [1.807, 2.05) is 62.3 Å². The second-order valence-corrected chi connectivity index (χ2v) is 7.23. The first kappa shape index (κ1) is 19.1. The molecule has 0 aliphatic carbocycles. The first-order valence-electron chi connectivity index (χ1n) is 9.07. The van der Waals surface area contributed by atoms with E-state index in [2.05, 4.69) is 5.32 Å². The maximum atomic E-state index is 13.6. The van der Waals surface area contributed by atoms with Crippen LogP contribution in [0.3, 0.4) is 0 Å². The van der Waals surface area contributed by atoms with Crippen LogP contribution >= 0.6 is 0 Å². The Hall–Kier alpha value is -2.63. The lowest BCUT2D eigenvalue weighted by molar-refractivity contribution is 0.0257. The maximum absolute atomic E-state index is 13.6. The Kier molecular flexibility index (Phi) is 5.35. The van der Waals surface area contributed by atoms with Crippen molar-refractivity contribution < 1.29 is 13.6 Å². The Bertz CT molecular complexity index is 808. The van der Waals surface area contributed by atoms with Crippen molar-refractivity contribution in [3.8, 4) is 0 Å². The average molecular weight is 373 g/mol. The molecule has 1 fully saturated rings. The number of rotatable bonds is 5. The van der Waals surface area contributed by atoms with Gasteiger partial charge in [0, 0.05) is 38.4 Å². The van der Waals surface area contributed by atoms with E-state index in [0.717, 1.165) is 11.3 Å². The van der Waals surface area contributed by atoms with Crippen molar-refractivity contribution in [2.45, 2.75) is 25.3 Å². The molecule has 6 heteroatoms. The van der Waals surface area contributed by atoms with E-state index >= 15 is 0 Å². The van der Waals surface area contributed by atoms with Gasteiger partial charge in [0.15, 0.2) is 0 Å². The minimum atomic E-state index is -2.68. The number of nitrogens with one attached hydrogen (secondary N) is 1. The fourth-order valence-electron chi connectivity index (χ4n) is 3.35. The van der Waals surface area contributed by atoms with Crippen LogP contribution < -0.4 is 15.1 Å². The van der Waals surface area contributed by atoms with Crippen LogP contribution in [0.4, 0.5) is 20.2 Å². The summed E-state index contributed by atoms with van der Waals surface area (Å²) in [4.78, 5) is 16.4. The van der Waals surface area contributed by atoms with Crippen molar-refractivity contribution in [2.24, 2.45) is 0 Å². The van der Waals surface area contributed by atoms with Crippen molar-refractivity contribution in [3.63, 3.8) is 0 Å². The lowest BCUT2D eigenvalue weighted by Gasteiger charge is -2.23. The number of carbonyl (C=O) groups is 1. The Labute approximate surface area is 158 Å². The van der Waals surface area contributed by atoms with Gasteiger partial charge in [-0.15, -0.1) is 0 Å². The summed E-state index contributed by atoms with van der Waals surface area (Å²) in [6.07, 6.45) is -0.158. The minimum Gasteiger partial charge on any atom is -0.377 e. The van der Waals surface area contributed by atoms with E-state index in [4.69, 9.17) is 0 Å². The number of halogens is 2. The summed E-state index contributed by atoms with van der Waals surface area (Å²) in [6, 6.07) is 14.9. The van der Waals surface area contributed by atoms with Crippen LogP contribution in [-0.4, -0.2) is 39.0 Å². The Balaban J connectivity index is 1.85. The molecule has 0 radical (unpaired) electrons. The third-order valence-electron chi connectivity index (χ3n) is 4.89. The molecule has 0 bridgehead atoms. The summed E-state index contributed by atoms with van der Waals surface area (Å²) in [5, 5.41) is 3.01. The fraction of sp³-hybridized carbons (Fsp3) is 0.381. The van der Waals surface area contributed by atoms with Gasteiger partial charge in [-0.1, -0.05) is 30.3 Å². The fourth-order valence-corrected chi connectivity index (χ4v) is 3.35. The van der Waals surface area contributed by atoms with Crippen molar-refractivity contribution >= 4 is 17.3 Å². The molecule has 0 spiro atoms. The predicted octanol–water partition coefficient (Wildman–Crippen LogP) is 4.09. The van der Waals surface area contributed by atoms with Crippen LogP contribution in [-0.2, 0) is 0 Å². The third kappa shape index (κ3) is 4.38. The number of amides is 1. The summed E-state index contributed by atoms with van der Waals surface area (Å²) < 4.78 is 27.2. The Morgan fingerprint density at radius 2 is 1.89 bits per heavy atom. The molecule has 1 aliphatic heterocycles. The van der Waals surface area contributed by atoms with Gasteiger partial charge >= 0.3 is 0 Å². The normalized spacial score (nSPS) is 16.9. The summed E-state index contributed by atoms with van der Waals surface area (Å²) in [6.45, 7) is 1.90. The predicted molar refractivity (Wildman–Crippen MR) is 105 cm³/mol. The summed E-state index contributed by atoms with van der Waals surface area (Å²) in [7, 11) is 3.72.